The summed E-state index contributed by atoms with van der Waals surface area (Å²) in [6.45, 7) is 2.59. The Kier molecular flexibility index (Phi) is 5.06. The van der Waals surface area contributed by atoms with Crippen molar-refractivity contribution in [2.45, 2.75) is 37.8 Å². The van der Waals surface area contributed by atoms with Crippen LogP contribution in [0.4, 0.5) is 4.39 Å². The van der Waals surface area contributed by atoms with Crippen LogP contribution < -0.4 is 4.74 Å². The second-order valence-electron chi connectivity index (χ2n) is 6.64. The molecule has 0 aliphatic carbocycles. The van der Waals surface area contributed by atoms with E-state index in [0.717, 1.165) is 44.3 Å². The van der Waals surface area contributed by atoms with Crippen LogP contribution in [-0.2, 0) is 11.3 Å². The van der Waals surface area contributed by atoms with Crippen molar-refractivity contribution in [3.05, 3.63) is 29.6 Å². The third kappa shape index (κ3) is 3.00. The van der Waals surface area contributed by atoms with Crippen molar-refractivity contribution in [3.63, 3.8) is 0 Å². The van der Waals surface area contributed by atoms with Gasteiger partial charge in [0.25, 0.3) is 0 Å². The molecule has 1 aromatic carbocycles. The zero-order valence-corrected chi connectivity index (χ0v) is 14.1. The molecule has 2 heterocycles. The highest BCUT2D eigenvalue weighted by Gasteiger charge is 2.50. The van der Waals surface area contributed by atoms with E-state index in [1.54, 1.807) is 17.0 Å². The lowest BCUT2D eigenvalue weighted by molar-refractivity contribution is -0.148. The van der Waals surface area contributed by atoms with Crippen molar-refractivity contribution in [3.8, 4) is 5.75 Å². The van der Waals surface area contributed by atoms with Gasteiger partial charge in [0.05, 0.1) is 13.7 Å². The number of benzene rings is 1. The van der Waals surface area contributed by atoms with Gasteiger partial charge in [-0.15, -0.1) is 0 Å². The van der Waals surface area contributed by atoms with Crippen molar-refractivity contribution in [1.29, 1.82) is 0 Å². The van der Waals surface area contributed by atoms with E-state index in [1.807, 2.05) is 0 Å². The number of β-amino-alcohol motifs (C(OH)–C–C–N with tert-alkyl or cyclic N) is 1. The first-order chi connectivity index (χ1) is 11.6. The van der Waals surface area contributed by atoms with E-state index in [1.165, 1.54) is 13.2 Å². The molecule has 2 aliphatic heterocycles. The molecule has 6 heteroatoms. The first-order valence-electron chi connectivity index (χ1n) is 8.58. The summed E-state index contributed by atoms with van der Waals surface area (Å²) >= 11 is 0. The largest absolute Gasteiger partial charge is 0.494 e. The van der Waals surface area contributed by atoms with E-state index in [-0.39, 0.29) is 24.1 Å². The van der Waals surface area contributed by atoms with Gasteiger partial charge in [-0.2, -0.15) is 0 Å². The molecule has 0 aromatic heterocycles. The summed E-state index contributed by atoms with van der Waals surface area (Å²) < 4.78 is 18.7. The Morgan fingerprint density at radius 1 is 1.29 bits per heavy atom. The van der Waals surface area contributed by atoms with Crippen LogP contribution in [0.15, 0.2) is 18.2 Å². The minimum Gasteiger partial charge on any atom is -0.494 e. The number of halogens is 1. The summed E-state index contributed by atoms with van der Waals surface area (Å²) in [5.41, 5.74) is 0.483. The molecule has 1 aromatic rings. The van der Waals surface area contributed by atoms with Crippen molar-refractivity contribution in [2.75, 3.05) is 33.4 Å². The number of ether oxygens (including phenoxy) is 1. The number of aliphatic hydroxyl groups excluding tert-OH is 1. The average molecular weight is 336 g/mol. The molecule has 132 valence electrons. The molecule has 1 unspecified atom stereocenters. The molecule has 1 spiro atoms. The SMILES string of the molecule is COc1cc(CN2CCCC23CCCN(CCO)C3=O)ccc1F. The van der Waals surface area contributed by atoms with Crippen LogP contribution in [0.3, 0.4) is 0 Å². The highest BCUT2D eigenvalue weighted by Crippen LogP contribution is 2.39. The Bertz CT molecular complexity index is 608. The van der Waals surface area contributed by atoms with Crippen LogP contribution in [0.2, 0.25) is 0 Å². The Morgan fingerprint density at radius 2 is 2.04 bits per heavy atom. The molecule has 0 radical (unpaired) electrons. The molecule has 3 rings (SSSR count). The molecule has 1 N–H and O–H groups in total. The van der Waals surface area contributed by atoms with Crippen LogP contribution in [0.25, 0.3) is 0 Å². The third-order valence-corrected chi connectivity index (χ3v) is 5.29. The average Bonchev–Trinajstić information content (AvgIpc) is 2.97. The fourth-order valence-corrected chi connectivity index (χ4v) is 4.11. The molecule has 1 atom stereocenters. The van der Waals surface area contributed by atoms with Crippen LogP contribution in [-0.4, -0.2) is 59.7 Å². The number of methoxy groups -OCH3 is 1. The van der Waals surface area contributed by atoms with E-state index in [4.69, 9.17) is 4.74 Å². The van der Waals surface area contributed by atoms with E-state index in [9.17, 15) is 14.3 Å². The van der Waals surface area contributed by atoms with Crippen molar-refractivity contribution in [2.24, 2.45) is 0 Å². The van der Waals surface area contributed by atoms with E-state index in [0.29, 0.717) is 13.1 Å². The third-order valence-electron chi connectivity index (χ3n) is 5.29. The number of carbonyl (C=O) groups is 1. The predicted molar refractivity (Wildman–Crippen MR) is 88.2 cm³/mol. The zero-order valence-electron chi connectivity index (χ0n) is 14.1. The topological polar surface area (TPSA) is 53.0 Å². The summed E-state index contributed by atoms with van der Waals surface area (Å²) in [6.07, 6.45) is 3.64. The molecule has 0 saturated carbocycles. The standard InChI is InChI=1S/C18H25FN2O3/c1-24-16-12-14(4-5-15(16)19)13-21-9-3-7-18(21)6-2-8-20(10-11-22)17(18)23/h4-5,12,22H,2-3,6-11,13H2,1H3. The molecule has 24 heavy (non-hydrogen) atoms. The van der Waals surface area contributed by atoms with E-state index >= 15 is 0 Å². The Labute approximate surface area is 142 Å². The number of carbonyl (C=O) groups excluding carboxylic acids is 1. The highest BCUT2D eigenvalue weighted by atomic mass is 19.1. The maximum Gasteiger partial charge on any atom is 0.243 e. The van der Waals surface area contributed by atoms with Crippen molar-refractivity contribution in [1.82, 2.24) is 9.80 Å². The van der Waals surface area contributed by atoms with Crippen LogP contribution in [0.1, 0.15) is 31.2 Å². The number of hydrogen-bond donors (Lipinski definition) is 1. The summed E-state index contributed by atoms with van der Waals surface area (Å²) in [7, 11) is 1.46. The maximum atomic E-state index is 13.6. The number of likely N-dealkylation sites (tertiary alicyclic amines) is 2. The zero-order chi connectivity index (χ0) is 17.2. The van der Waals surface area contributed by atoms with Gasteiger partial charge < -0.3 is 14.7 Å². The van der Waals surface area contributed by atoms with Gasteiger partial charge in [0, 0.05) is 19.6 Å². The number of nitrogens with zero attached hydrogens (tertiary/aromatic N) is 2. The molecule has 5 nitrogen and oxygen atoms in total. The van der Waals surface area contributed by atoms with Gasteiger partial charge in [-0.25, -0.2) is 4.39 Å². The summed E-state index contributed by atoms with van der Waals surface area (Å²) in [4.78, 5) is 17.0. The number of hydrogen-bond acceptors (Lipinski definition) is 4. The number of rotatable bonds is 5. The predicted octanol–water partition coefficient (Wildman–Crippen LogP) is 1.78. The minimum absolute atomic E-state index is 0.00300. The second kappa shape index (κ2) is 7.07. The quantitative estimate of drug-likeness (QED) is 0.891. The molecular formula is C18H25FN2O3. The number of amides is 1. The molecule has 2 aliphatic rings. The van der Waals surface area contributed by atoms with Gasteiger partial charge in [0.1, 0.15) is 5.54 Å². The van der Waals surface area contributed by atoms with E-state index in [2.05, 4.69) is 4.90 Å². The maximum absolute atomic E-state index is 13.6. The fraction of sp³-hybridized carbons (Fsp3) is 0.611. The lowest BCUT2D eigenvalue weighted by Crippen LogP contribution is -2.60. The Balaban J connectivity index is 1.81. The van der Waals surface area contributed by atoms with Crippen LogP contribution in [0.5, 0.6) is 5.75 Å². The molecule has 2 saturated heterocycles. The van der Waals surface area contributed by atoms with Gasteiger partial charge in [0.2, 0.25) is 5.91 Å². The minimum atomic E-state index is -0.463. The van der Waals surface area contributed by atoms with Crippen LogP contribution >= 0.6 is 0 Å². The van der Waals surface area contributed by atoms with Crippen LogP contribution in [0, 0.1) is 5.82 Å². The fourth-order valence-electron chi connectivity index (χ4n) is 4.11. The molecule has 0 bridgehead atoms. The van der Waals surface area contributed by atoms with Crippen molar-refractivity contribution >= 4 is 5.91 Å². The summed E-state index contributed by atoms with van der Waals surface area (Å²) in [5, 5.41) is 9.20. The first kappa shape index (κ1) is 17.2. The summed E-state index contributed by atoms with van der Waals surface area (Å²) in [5.74, 6) is -0.00718. The molecule has 1 amide bonds. The second-order valence-corrected chi connectivity index (χ2v) is 6.64. The first-order valence-corrected chi connectivity index (χ1v) is 8.58. The van der Waals surface area contributed by atoms with Gasteiger partial charge in [-0.1, -0.05) is 6.07 Å². The highest BCUT2D eigenvalue weighted by molar-refractivity contribution is 5.87. The normalized spacial score (nSPS) is 24.8. The molecule has 2 fully saturated rings. The lowest BCUT2D eigenvalue weighted by Gasteiger charge is -2.44. The van der Waals surface area contributed by atoms with Gasteiger partial charge in [-0.05, 0) is 49.9 Å². The lowest BCUT2D eigenvalue weighted by atomic mass is 9.85. The Morgan fingerprint density at radius 3 is 2.75 bits per heavy atom. The smallest absolute Gasteiger partial charge is 0.243 e. The van der Waals surface area contributed by atoms with Crippen molar-refractivity contribution < 1.29 is 19.0 Å². The number of piperidine rings is 1. The number of aliphatic hydroxyl groups is 1. The molecular weight excluding hydrogens is 311 g/mol. The van der Waals surface area contributed by atoms with E-state index < -0.39 is 5.54 Å². The van der Waals surface area contributed by atoms with Gasteiger partial charge >= 0.3 is 0 Å². The monoisotopic (exact) mass is 336 g/mol. The van der Waals surface area contributed by atoms with Gasteiger partial charge in [-0.3, -0.25) is 9.69 Å². The van der Waals surface area contributed by atoms with Gasteiger partial charge in [0.15, 0.2) is 11.6 Å². The summed E-state index contributed by atoms with van der Waals surface area (Å²) in [6, 6.07) is 4.88. The Hall–Kier alpha value is -1.66.